The maximum atomic E-state index is 5.81. The van der Waals surface area contributed by atoms with Crippen molar-refractivity contribution in [1.29, 1.82) is 0 Å². The quantitative estimate of drug-likeness (QED) is 0.914. The highest BCUT2D eigenvalue weighted by atomic mass is 79.9. The van der Waals surface area contributed by atoms with E-state index in [0.29, 0.717) is 6.54 Å². The van der Waals surface area contributed by atoms with Gasteiger partial charge in [-0.25, -0.2) is 0 Å². The minimum atomic E-state index is 0.196. The van der Waals surface area contributed by atoms with Gasteiger partial charge in [0, 0.05) is 4.47 Å². The normalized spacial score (nSPS) is 10.8. The van der Waals surface area contributed by atoms with Gasteiger partial charge >= 0.3 is 0 Å². The van der Waals surface area contributed by atoms with E-state index in [1.165, 1.54) is 5.56 Å². The van der Waals surface area contributed by atoms with Crippen LogP contribution in [-0.2, 0) is 6.42 Å². The molecular formula is C12H18BrNO. The molecule has 0 bridgehead atoms. The molecule has 0 spiro atoms. The Hall–Kier alpha value is -0.540. The van der Waals surface area contributed by atoms with Crippen LogP contribution in [0.5, 0.6) is 5.75 Å². The van der Waals surface area contributed by atoms with Gasteiger partial charge in [-0.3, -0.25) is 0 Å². The Morgan fingerprint density at radius 3 is 2.60 bits per heavy atom. The second-order valence-electron chi connectivity index (χ2n) is 3.92. The van der Waals surface area contributed by atoms with E-state index in [1.54, 1.807) is 0 Å². The molecule has 0 aliphatic carbocycles. The highest BCUT2D eigenvalue weighted by Gasteiger charge is 2.09. The molecule has 0 aliphatic heterocycles. The number of ether oxygens (including phenoxy) is 1. The van der Waals surface area contributed by atoms with E-state index in [0.717, 1.165) is 22.2 Å². The van der Waals surface area contributed by atoms with E-state index in [4.69, 9.17) is 10.5 Å². The summed E-state index contributed by atoms with van der Waals surface area (Å²) in [6.45, 7) is 6.77. The van der Waals surface area contributed by atoms with Crippen molar-refractivity contribution >= 4 is 15.9 Å². The van der Waals surface area contributed by atoms with E-state index in [9.17, 15) is 0 Å². The summed E-state index contributed by atoms with van der Waals surface area (Å²) >= 11 is 3.49. The molecule has 3 heteroatoms. The SMILES string of the molecule is Cc1cc(Br)cc(CCN)c1OC(C)C. The molecule has 0 saturated heterocycles. The predicted molar refractivity (Wildman–Crippen MR) is 67.4 cm³/mol. The van der Waals surface area contributed by atoms with Gasteiger partial charge in [-0.2, -0.15) is 0 Å². The van der Waals surface area contributed by atoms with Gasteiger partial charge in [0.2, 0.25) is 0 Å². The third-order valence-corrected chi connectivity index (χ3v) is 2.54. The first kappa shape index (κ1) is 12.5. The Balaban J connectivity index is 3.08. The molecule has 15 heavy (non-hydrogen) atoms. The fraction of sp³-hybridized carbons (Fsp3) is 0.500. The van der Waals surface area contributed by atoms with Crippen molar-refractivity contribution in [1.82, 2.24) is 0 Å². The van der Waals surface area contributed by atoms with Gasteiger partial charge in [0.1, 0.15) is 5.75 Å². The summed E-state index contributed by atoms with van der Waals surface area (Å²) in [7, 11) is 0. The molecule has 0 fully saturated rings. The lowest BCUT2D eigenvalue weighted by Crippen LogP contribution is -2.11. The molecule has 1 aromatic rings. The summed E-state index contributed by atoms with van der Waals surface area (Å²) in [6.07, 6.45) is 1.05. The number of benzene rings is 1. The average Bonchev–Trinajstić information content (AvgIpc) is 2.11. The van der Waals surface area contributed by atoms with Gasteiger partial charge in [0.05, 0.1) is 6.10 Å². The molecule has 0 amide bonds. The van der Waals surface area contributed by atoms with Gasteiger partial charge in [-0.1, -0.05) is 15.9 Å². The molecule has 2 nitrogen and oxygen atoms in total. The molecule has 0 atom stereocenters. The van der Waals surface area contributed by atoms with E-state index in [2.05, 4.69) is 35.0 Å². The molecule has 0 aromatic heterocycles. The van der Waals surface area contributed by atoms with Crippen LogP contribution in [0.15, 0.2) is 16.6 Å². The highest BCUT2D eigenvalue weighted by Crippen LogP contribution is 2.29. The lowest BCUT2D eigenvalue weighted by molar-refractivity contribution is 0.238. The van der Waals surface area contributed by atoms with Crippen LogP contribution in [0, 0.1) is 6.92 Å². The van der Waals surface area contributed by atoms with Gasteiger partial charge in [0.25, 0.3) is 0 Å². The molecule has 0 aliphatic rings. The van der Waals surface area contributed by atoms with Crippen molar-refractivity contribution in [3.8, 4) is 5.75 Å². The fourth-order valence-corrected chi connectivity index (χ4v) is 2.16. The summed E-state index contributed by atoms with van der Waals surface area (Å²) in [4.78, 5) is 0. The van der Waals surface area contributed by atoms with Crippen molar-refractivity contribution < 1.29 is 4.74 Å². The molecule has 1 rings (SSSR count). The van der Waals surface area contributed by atoms with Crippen molar-refractivity contribution in [2.75, 3.05) is 6.54 Å². The maximum Gasteiger partial charge on any atom is 0.125 e. The Labute approximate surface area is 99.9 Å². The van der Waals surface area contributed by atoms with E-state index in [-0.39, 0.29) is 6.10 Å². The Kier molecular flexibility index (Phi) is 4.61. The zero-order valence-electron chi connectivity index (χ0n) is 9.51. The average molecular weight is 272 g/mol. The van der Waals surface area contributed by atoms with Gasteiger partial charge < -0.3 is 10.5 Å². The van der Waals surface area contributed by atoms with Crippen molar-refractivity contribution in [2.24, 2.45) is 5.73 Å². The fourth-order valence-electron chi connectivity index (χ4n) is 1.54. The number of rotatable bonds is 4. The number of hydrogen-bond acceptors (Lipinski definition) is 2. The second-order valence-corrected chi connectivity index (χ2v) is 4.83. The van der Waals surface area contributed by atoms with E-state index < -0.39 is 0 Å². The van der Waals surface area contributed by atoms with Crippen LogP contribution in [-0.4, -0.2) is 12.6 Å². The number of hydrogen-bond donors (Lipinski definition) is 1. The molecule has 1 aromatic carbocycles. The van der Waals surface area contributed by atoms with Crippen LogP contribution < -0.4 is 10.5 Å². The van der Waals surface area contributed by atoms with Crippen LogP contribution in [0.4, 0.5) is 0 Å². The zero-order valence-corrected chi connectivity index (χ0v) is 11.1. The smallest absolute Gasteiger partial charge is 0.125 e. The molecule has 0 saturated carbocycles. The maximum absolute atomic E-state index is 5.81. The molecule has 84 valence electrons. The predicted octanol–water partition coefficient (Wildman–Crippen LogP) is 3.05. The molecule has 0 heterocycles. The van der Waals surface area contributed by atoms with Crippen LogP contribution in [0.2, 0.25) is 0 Å². The summed E-state index contributed by atoms with van der Waals surface area (Å²) in [5, 5.41) is 0. The number of aryl methyl sites for hydroxylation is 1. The van der Waals surface area contributed by atoms with Gasteiger partial charge in [-0.15, -0.1) is 0 Å². The second kappa shape index (κ2) is 5.52. The van der Waals surface area contributed by atoms with E-state index >= 15 is 0 Å². The third kappa shape index (κ3) is 3.50. The van der Waals surface area contributed by atoms with Gasteiger partial charge in [-0.05, 0) is 57.0 Å². The van der Waals surface area contributed by atoms with Crippen molar-refractivity contribution in [3.05, 3.63) is 27.7 Å². The first-order valence-electron chi connectivity index (χ1n) is 5.20. The van der Waals surface area contributed by atoms with E-state index in [1.807, 2.05) is 13.8 Å². The Bertz CT molecular complexity index is 337. The highest BCUT2D eigenvalue weighted by molar-refractivity contribution is 9.10. The monoisotopic (exact) mass is 271 g/mol. The van der Waals surface area contributed by atoms with Crippen LogP contribution >= 0.6 is 15.9 Å². The lowest BCUT2D eigenvalue weighted by atomic mass is 10.1. The van der Waals surface area contributed by atoms with Gasteiger partial charge in [0.15, 0.2) is 0 Å². The molecule has 0 radical (unpaired) electrons. The first-order valence-corrected chi connectivity index (χ1v) is 5.99. The third-order valence-electron chi connectivity index (χ3n) is 2.08. The topological polar surface area (TPSA) is 35.2 Å². The Morgan fingerprint density at radius 1 is 1.40 bits per heavy atom. The lowest BCUT2D eigenvalue weighted by Gasteiger charge is -2.17. The zero-order chi connectivity index (χ0) is 11.4. The summed E-state index contributed by atoms with van der Waals surface area (Å²) in [6, 6.07) is 4.15. The first-order chi connectivity index (χ1) is 7.04. The summed E-state index contributed by atoms with van der Waals surface area (Å²) < 4.78 is 6.89. The van der Waals surface area contributed by atoms with Crippen LogP contribution in [0.3, 0.4) is 0 Å². The van der Waals surface area contributed by atoms with Crippen LogP contribution in [0.25, 0.3) is 0 Å². The van der Waals surface area contributed by atoms with Crippen molar-refractivity contribution in [3.63, 3.8) is 0 Å². The summed E-state index contributed by atoms with van der Waals surface area (Å²) in [5.74, 6) is 0.985. The van der Waals surface area contributed by atoms with Crippen LogP contribution in [0.1, 0.15) is 25.0 Å². The number of halogens is 1. The number of nitrogens with two attached hydrogens (primary N) is 1. The molecule has 2 N–H and O–H groups in total. The molecule has 0 unspecified atom stereocenters. The summed E-state index contributed by atoms with van der Waals surface area (Å²) in [5.41, 5.74) is 7.92. The largest absolute Gasteiger partial charge is 0.490 e. The Morgan fingerprint density at radius 2 is 2.07 bits per heavy atom. The minimum Gasteiger partial charge on any atom is -0.490 e. The molecular weight excluding hydrogens is 254 g/mol. The van der Waals surface area contributed by atoms with Crippen molar-refractivity contribution in [2.45, 2.75) is 33.3 Å². The standard InChI is InChI=1S/C12H18BrNO/c1-8(2)15-12-9(3)6-11(13)7-10(12)4-5-14/h6-8H,4-5,14H2,1-3H3. The minimum absolute atomic E-state index is 0.196.